The van der Waals surface area contributed by atoms with Gasteiger partial charge in [-0.15, -0.1) is 0 Å². The standard InChI is InChI=1S/C21H31N/c1-16(18-7-5-4-6-8-18)12-22-21-11-17-9-19(2,14-21)13-20(3,10-17)15-21/h4-8,16-17,22H,9-15H2,1-3H3/t16-,17?,19-,20+,21?/m0/s1. The highest BCUT2D eigenvalue weighted by Crippen LogP contribution is 2.66. The van der Waals surface area contributed by atoms with Gasteiger partial charge in [0.15, 0.2) is 0 Å². The Labute approximate surface area is 135 Å². The summed E-state index contributed by atoms with van der Waals surface area (Å²) >= 11 is 0. The molecule has 0 saturated heterocycles. The van der Waals surface area contributed by atoms with Gasteiger partial charge in [-0.25, -0.2) is 0 Å². The number of benzene rings is 1. The molecule has 4 aliphatic carbocycles. The van der Waals surface area contributed by atoms with Crippen molar-refractivity contribution in [2.45, 2.75) is 70.8 Å². The predicted molar refractivity (Wildman–Crippen MR) is 93.0 cm³/mol. The molecular weight excluding hydrogens is 266 g/mol. The monoisotopic (exact) mass is 297 g/mol. The third-order valence-corrected chi connectivity index (χ3v) is 6.78. The van der Waals surface area contributed by atoms with Crippen LogP contribution >= 0.6 is 0 Å². The fourth-order valence-corrected chi connectivity index (χ4v) is 6.91. The Bertz CT molecular complexity index is 530. The number of nitrogens with one attached hydrogen (secondary N) is 1. The van der Waals surface area contributed by atoms with E-state index in [1.54, 1.807) is 0 Å². The van der Waals surface area contributed by atoms with E-state index in [0.29, 0.717) is 22.3 Å². The average Bonchev–Trinajstić information content (AvgIpc) is 2.42. The molecule has 22 heavy (non-hydrogen) atoms. The summed E-state index contributed by atoms with van der Waals surface area (Å²) in [4.78, 5) is 0. The largest absolute Gasteiger partial charge is 0.311 e. The lowest BCUT2D eigenvalue weighted by Gasteiger charge is -2.65. The van der Waals surface area contributed by atoms with Crippen molar-refractivity contribution in [3.63, 3.8) is 0 Å². The molecule has 0 aliphatic heterocycles. The molecule has 1 N–H and O–H groups in total. The minimum Gasteiger partial charge on any atom is -0.311 e. The molecule has 0 heterocycles. The Kier molecular flexibility index (Phi) is 3.24. The molecule has 1 aromatic carbocycles. The topological polar surface area (TPSA) is 12.0 Å². The normalized spacial score (nSPS) is 44.2. The van der Waals surface area contributed by atoms with Crippen LogP contribution in [0, 0.1) is 16.7 Å². The summed E-state index contributed by atoms with van der Waals surface area (Å²) in [7, 11) is 0. The van der Waals surface area contributed by atoms with E-state index in [2.05, 4.69) is 56.4 Å². The molecule has 1 heteroatoms. The van der Waals surface area contributed by atoms with Crippen molar-refractivity contribution in [1.29, 1.82) is 0 Å². The van der Waals surface area contributed by atoms with Crippen molar-refractivity contribution in [1.82, 2.24) is 5.32 Å². The van der Waals surface area contributed by atoms with Crippen LogP contribution in [0.1, 0.15) is 70.8 Å². The SMILES string of the molecule is C[C@@H](CNC12CC3C[C@@](C)(C1)C[C@](C)(C3)C2)c1ccccc1. The van der Waals surface area contributed by atoms with Gasteiger partial charge in [0.2, 0.25) is 0 Å². The first-order valence-electron chi connectivity index (χ1n) is 9.20. The molecule has 4 aliphatic rings. The molecule has 4 bridgehead atoms. The minimum absolute atomic E-state index is 0.436. The van der Waals surface area contributed by atoms with Crippen molar-refractivity contribution in [2.75, 3.05) is 6.54 Å². The van der Waals surface area contributed by atoms with Gasteiger partial charge >= 0.3 is 0 Å². The second kappa shape index (κ2) is 4.84. The van der Waals surface area contributed by atoms with E-state index in [1.165, 1.54) is 44.1 Å². The van der Waals surface area contributed by atoms with Crippen LogP contribution in [-0.4, -0.2) is 12.1 Å². The van der Waals surface area contributed by atoms with Crippen LogP contribution in [0.2, 0.25) is 0 Å². The summed E-state index contributed by atoms with van der Waals surface area (Å²) in [6.45, 7) is 8.62. The van der Waals surface area contributed by atoms with Crippen molar-refractivity contribution in [3.05, 3.63) is 35.9 Å². The third kappa shape index (κ3) is 2.52. The zero-order chi connectivity index (χ0) is 15.4. The average molecular weight is 297 g/mol. The van der Waals surface area contributed by atoms with Crippen molar-refractivity contribution >= 4 is 0 Å². The van der Waals surface area contributed by atoms with Crippen LogP contribution in [0.25, 0.3) is 0 Å². The van der Waals surface area contributed by atoms with E-state index in [0.717, 1.165) is 12.5 Å². The summed E-state index contributed by atoms with van der Waals surface area (Å²) in [6.07, 6.45) is 8.69. The zero-order valence-electron chi connectivity index (χ0n) is 14.5. The lowest BCUT2D eigenvalue weighted by Crippen LogP contribution is -2.64. The third-order valence-electron chi connectivity index (χ3n) is 6.78. The zero-order valence-corrected chi connectivity index (χ0v) is 14.5. The molecule has 0 spiro atoms. The molecular formula is C21H31N. The first kappa shape index (κ1) is 14.8. The van der Waals surface area contributed by atoms with Gasteiger partial charge < -0.3 is 5.32 Å². The molecule has 5 rings (SSSR count). The first-order valence-corrected chi connectivity index (χ1v) is 9.20. The number of hydrogen-bond acceptors (Lipinski definition) is 1. The van der Waals surface area contributed by atoms with Crippen molar-refractivity contribution in [3.8, 4) is 0 Å². The smallest absolute Gasteiger partial charge is 0.0194 e. The Morgan fingerprint density at radius 2 is 1.64 bits per heavy atom. The summed E-state index contributed by atoms with van der Waals surface area (Å²) in [5.74, 6) is 1.58. The molecule has 4 saturated carbocycles. The van der Waals surface area contributed by atoms with Crippen LogP contribution in [0.15, 0.2) is 30.3 Å². The highest BCUT2D eigenvalue weighted by atomic mass is 15.0. The summed E-state index contributed by atoms with van der Waals surface area (Å²) in [5, 5.41) is 4.08. The highest BCUT2D eigenvalue weighted by Gasteiger charge is 2.59. The molecule has 0 aromatic heterocycles. The van der Waals surface area contributed by atoms with Gasteiger partial charge in [0.1, 0.15) is 0 Å². The van der Waals surface area contributed by atoms with Crippen molar-refractivity contribution < 1.29 is 0 Å². The fourth-order valence-electron chi connectivity index (χ4n) is 6.91. The second-order valence-electron chi connectivity index (χ2n) is 9.60. The number of rotatable bonds is 4. The molecule has 1 nitrogen and oxygen atoms in total. The Hall–Kier alpha value is -0.820. The summed E-state index contributed by atoms with van der Waals surface area (Å²) in [6, 6.07) is 11.0. The molecule has 5 atom stereocenters. The lowest BCUT2D eigenvalue weighted by molar-refractivity contribution is -0.117. The Balaban J connectivity index is 1.49. The maximum absolute atomic E-state index is 4.08. The van der Waals surface area contributed by atoms with Gasteiger partial charge in [0.25, 0.3) is 0 Å². The molecule has 120 valence electrons. The fraction of sp³-hybridized carbons (Fsp3) is 0.714. The molecule has 1 aromatic rings. The van der Waals surface area contributed by atoms with Gasteiger partial charge in [-0.2, -0.15) is 0 Å². The van der Waals surface area contributed by atoms with Crippen LogP contribution in [0.3, 0.4) is 0 Å². The number of hydrogen-bond donors (Lipinski definition) is 1. The maximum Gasteiger partial charge on any atom is 0.0194 e. The van der Waals surface area contributed by atoms with E-state index in [-0.39, 0.29) is 0 Å². The van der Waals surface area contributed by atoms with Gasteiger partial charge in [0.05, 0.1) is 0 Å². The predicted octanol–water partition coefficient (Wildman–Crippen LogP) is 5.13. The van der Waals surface area contributed by atoms with Crippen LogP contribution in [0.4, 0.5) is 0 Å². The van der Waals surface area contributed by atoms with E-state index < -0.39 is 0 Å². The highest BCUT2D eigenvalue weighted by molar-refractivity contribution is 5.20. The van der Waals surface area contributed by atoms with Gasteiger partial charge in [-0.05, 0) is 66.8 Å². The Morgan fingerprint density at radius 3 is 2.23 bits per heavy atom. The van der Waals surface area contributed by atoms with E-state index in [9.17, 15) is 0 Å². The minimum atomic E-state index is 0.436. The molecule has 4 fully saturated rings. The molecule has 0 radical (unpaired) electrons. The Morgan fingerprint density at radius 1 is 1.00 bits per heavy atom. The van der Waals surface area contributed by atoms with Crippen molar-refractivity contribution in [2.24, 2.45) is 16.7 Å². The lowest BCUT2D eigenvalue weighted by atomic mass is 9.43. The van der Waals surface area contributed by atoms with E-state index >= 15 is 0 Å². The quantitative estimate of drug-likeness (QED) is 0.812. The maximum atomic E-state index is 4.08. The first-order chi connectivity index (χ1) is 10.4. The van der Waals surface area contributed by atoms with Crippen LogP contribution in [0.5, 0.6) is 0 Å². The second-order valence-corrected chi connectivity index (χ2v) is 9.60. The molecule has 2 unspecified atom stereocenters. The van der Waals surface area contributed by atoms with E-state index in [4.69, 9.17) is 0 Å². The summed E-state index contributed by atoms with van der Waals surface area (Å²) < 4.78 is 0. The van der Waals surface area contributed by atoms with Gasteiger partial charge in [0, 0.05) is 12.1 Å². The van der Waals surface area contributed by atoms with Gasteiger partial charge in [-0.1, -0.05) is 51.1 Å². The molecule has 0 amide bonds. The van der Waals surface area contributed by atoms with Crippen LogP contribution in [-0.2, 0) is 0 Å². The van der Waals surface area contributed by atoms with Gasteiger partial charge in [-0.3, -0.25) is 0 Å². The van der Waals surface area contributed by atoms with E-state index in [1.807, 2.05) is 0 Å². The summed E-state index contributed by atoms with van der Waals surface area (Å²) in [5.41, 5.74) is 3.12. The van der Waals surface area contributed by atoms with Crippen LogP contribution < -0.4 is 5.32 Å².